The lowest BCUT2D eigenvalue weighted by atomic mass is 9.98. The normalized spacial score (nSPS) is 22.5. The predicted molar refractivity (Wildman–Crippen MR) is 109 cm³/mol. The maximum atomic E-state index is 12.6. The number of aliphatic hydroxyl groups is 1. The van der Waals surface area contributed by atoms with Gasteiger partial charge in [-0.15, -0.1) is 0 Å². The Bertz CT molecular complexity index is 876. The van der Waals surface area contributed by atoms with Crippen LogP contribution in [0, 0.1) is 0 Å². The van der Waals surface area contributed by atoms with Gasteiger partial charge in [-0.25, -0.2) is 0 Å². The SMILES string of the molecule is O=C(Nc1cccc(Br)c1Cl)c1cc2c(cn1)CN(C1CCC[C@@H]1O)CC2. The van der Waals surface area contributed by atoms with E-state index in [1.807, 2.05) is 18.2 Å². The van der Waals surface area contributed by atoms with Gasteiger partial charge >= 0.3 is 0 Å². The van der Waals surface area contributed by atoms with Crippen molar-refractivity contribution in [1.29, 1.82) is 0 Å². The summed E-state index contributed by atoms with van der Waals surface area (Å²) < 4.78 is 0.731. The Balaban J connectivity index is 1.49. The lowest BCUT2D eigenvalue weighted by Crippen LogP contribution is -2.43. The van der Waals surface area contributed by atoms with Gasteiger partial charge in [0.1, 0.15) is 5.69 Å². The fraction of sp³-hybridized carbons (Fsp3) is 0.400. The zero-order chi connectivity index (χ0) is 19.0. The zero-order valence-electron chi connectivity index (χ0n) is 14.8. The summed E-state index contributed by atoms with van der Waals surface area (Å²) in [5.74, 6) is -0.272. The van der Waals surface area contributed by atoms with Crippen LogP contribution in [0.2, 0.25) is 5.02 Å². The lowest BCUT2D eigenvalue weighted by molar-refractivity contribution is 0.0625. The van der Waals surface area contributed by atoms with Crippen molar-refractivity contribution >= 4 is 39.1 Å². The monoisotopic (exact) mass is 449 g/mol. The standard InChI is InChI=1S/C20H21BrClN3O2/c21-14-3-1-4-15(19(14)22)24-20(27)16-9-12-7-8-25(11-13(12)10-23-16)17-5-2-6-18(17)26/h1,3-4,9-10,17-18,26H,2,5-8,11H2,(H,24,27)/t17?,18-/m0/s1. The van der Waals surface area contributed by atoms with E-state index in [1.165, 1.54) is 0 Å². The molecule has 4 rings (SSSR count). The molecule has 27 heavy (non-hydrogen) atoms. The summed E-state index contributed by atoms with van der Waals surface area (Å²) in [4.78, 5) is 19.3. The van der Waals surface area contributed by atoms with Crippen LogP contribution in [0.1, 0.15) is 40.9 Å². The van der Waals surface area contributed by atoms with Gasteiger partial charge < -0.3 is 10.4 Å². The highest BCUT2D eigenvalue weighted by atomic mass is 79.9. The molecule has 0 radical (unpaired) electrons. The third-order valence-electron chi connectivity index (χ3n) is 5.47. The Morgan fingerprint density at radius 1 is 1.33 bits per heavy atom. The second kappa shape index (κ2) is 7.87. The number of aliphatic hydroxyl groups excluding tert-OH is 1. The first kappa shape index (κ1) is 18.9. The number of aromatic nitrogens is 1. The van der Waals surface area contributed by atoms with Crippen LogP contribution in [-0.2, 0) is 13.0 Å². The number of halogens is 2. The molecule has 2 atom stereocenters. The molecule has 1 aromatic carbocycles. The maximum Gasteiger partial charge on any atom is 0.274 e. The van der Waals surface area contributed by atoms with Gasteiger partial charge in [-0.1, -0.05) is 17.7 Å². The number of fused-ring (bicyclic) bond motifs is 1. The average molecular weight is 451 g/mol. The van der Waals surface area contributed by atoms with Crippen LogP contribution >= 0.6 is 27.5 Å². The van der Waals surface area contributed by atoms with Gasteiger partial charge in [-0.2, -0.15) is 0 Å². The van der Waals surface area contributed by atoms with Gasteiger partial charge in [-0.05, 0) is 70.9 Å². The number of nitrogens with one attached hydrogen (secondary N) is 1. The summed E-state index contributed by atoms with van der Waals surface area (Å²) in [5, 5.41) is 13.5. The van der Waals surface area contributed by atoms with Gasteiger partial charge in [0.15, 0.2) is 0 Å². The fourth-order valence-corrected chi connectivity index (χ4v) is 4.54. The molecule has 1 amide bonds. The number of amides is 1. The fourth-order valence-electron chi connectivity index (χ4n) is 4.00. The third-order valence-corrected chi connectivity index (χ3v) is 6.77. The summed E-state index contributed by atoms with van der Waals surface area (Å²) in [7, 11) is 0. The minimum absolute atomic E-state index is 0.223. The molecule has 7 heteroatoms. The Morgan fingerprint density at radius 3 is 2.96 bits per heavy atom. The zero-order valence-corrected chi connectivity index (χ0v) is 17.1. The number of carbonyl (C=O) groups is 1. The van der Waals surface area contributed by atoms with Gasteiger partial charge in [-0.3, -0.25) is 14.7 Å². The minimum Gasteiger partial charge on any atom is -0.391 e. The van der Waals surface area contributed by atoms with Crippen LogP contribution in [0.25, 0.3) is 0 Å². The van der Waals surface area contributed by atoms with Crippen LogP contribution in [0.5, 0.6) is 0 Å². The number of anilines is 1. The number of hydrogen-bond acceptors (Lipinski definition) is 4. The van der Waals surface area contributed by atoms with E-state index in [2.05, 4.69) is 31.1 Å². The molecule has 142 valence electrons. The van der Waals surface area contributed by atoms with Crippen molar-refractivity contribution in [3.05, 3.63) is 56.8 Å². The maximum absolute atomic E-state index is 12.6. The minimum atomic E-state index is -0.272. The highest BCUT2D eigenvalue weighted by Crippen LogP contribution is 2.31. The van der Waals surface area contributed by atoms with Crippen molar-refractivity contribution in [2.75, 3.05) is 11.9 Å². The summed E-state index contributed by atoms with van der Waals surface area (Å²) in [6.07, 6.45) is 5.46. The predicted octanol–water partition coefficient (Wildman–Crippen LogP) is 4.02. The molecule has 1 aromatic heterocycles. The molecule has 1 saturated carbocycles. The van der Waals surface area contributed by atoms with Crippen LogP contribution in [0.3, 0.4) is 0 Å². The molecule has 0 bridgehead atoms. The van der Waals surface area contributed by atoms with Gasteiger partial charge in [0, 0.05) is 29.8 Å². The lowest BCUT2D eigenvalue weighted by Gasteiger charge is -2.35. The molecule has 2 heterocycles. The number of nitrogens with zero attached hydrogens (tertiary/aromatic N) is 2. The Kier molecular flexibility index (Phi) is 5.50. The molecule has 2 N–H and O–H groups in total. The van der Waals surface area contributed by atoms with Crippen molar-refractivity contribution < 1.29 is 9.90 Å². The van der Waals surface area contributed by atoms with Crippen molar-refractivity contribution in [3.8, 4) is 0 Å². The van der Waals surface area contributed by atoms with Crippen LogP contribution in [-0.4, -0.2) is 39.6 Å². The molecule has 0 saturated heterocycles. The molecule has 1 aliphatic carbocycles. The third kappa shape index (κ3) is 3.90. The second-order valence-electron chi connectivity index (χ2n) is 7.18. The summed E-state index contributed by atoms with van der Waals surface area (Å²) in [6.45, 7) is 1.68. The number of rotatable bonds is 3. The van der Waals surface area contributed by atoms with E-state index in [0.717, 1.165) is 54.4 Å². The topological polar surface area (TPSA) is 65.5 Å². The van der Waals surface area contributed by atoms with Crippen LogP contribution in [0.15, 0.2) is 34.9 Å². The smallest absolute Gasteiger partial charge is 0.274 e. The molecular formula is C20H21BrClN3O2. The van der Waals surface area contributed by atoms with Crippen molar-refractivity contribution in [2.24, 2.45) is 0 Å². The molecule has 1 fully saturated rings. The molecule has 5 nitrogen and oxygen atoms in total. The average Bonchev–Trinajstić information content (AvgIpc) is 3.10. The Hall–Kier alpha value is -1.47. The van der Waals surface area contributed by atoms with E-state index in [-0.39, 0.29) is 18.1 Å². The largest absolute Gasteiger partial charge is 0.391 e. The molecule has 1 unspecified atom stereocenters. The van der Waals surface area contributed by atoms with Gasteiger partial charge in [0.2, 0.25) is 0 Å². The molecule has 0 spiro atoms. The summed E-state index contributed by atoms with van der Waals surface area (Å²) >= 11 is 9.58. The van der Waals surface area contributed by atoms with E-state index in [0.29, 0.717) is 16.4 Å². The number of benzene rings is 1. The molecular weight excluding hydrogens is 430 g/mol. The Morgan fingerprint density at radius 2 is 2.19 bits per heavy atom. The first-order chi connectivity index (χ1) is 13.0. The van der Waals surface area contributed by atoms with E-state index in [9.17, 15) is 9.90 Å². The van der Waals surface area contributed by atoms with Crippen molar-refractivity contribution in [2.45, 2.75) is 44.4 Å². The van der Waals surface area contributed by atoms with E-state index in [1.54, 1.807) is 12.3 Å². The number of pyridine rings is 1. The van der Waals surface area contributed by atoms with E-state index in [4.69, 9.17) is 11.6 Å². The molecule has 2 aliphatic rings. The number of hydrogen-bond donors (Lipinski definition) is 2. The van der Waals surface area contributed by atoms with Gasteiger partial charge in [0.25, 0.3) is 5.91 Å². The van der Waals surface area contributed by atoms with Gasteiger partial charge in [0.05, 0.1) is 16.8 Å². The first-order valence-corrected chi connectivity index (χ1v) is 10.4. The van der Waals surface area contributed by atoms with Crippen LogP contribution < -0.4 is 5.32 Å². The Labute approximate surface area is 171 Å². The highest BCUT2D eigenvalue weighted by molar-refractivity contribution is 9.10. The second-order valence-corrected chi connectivity index (χ2v) is 8.41. The van der Waals surface area contributed by atoms with E-state index < -0.39 is 0 Å². The molecule has 2 aromatic rings. The number of carbonyl (C=O) groups excluding carboxylic acids is 1. The highest BCUT2D eigenvalue weighted by Gasteiger charge is 2.32. The summed E-state index contributed by atoms with van der Waals surface area (Å²) in [6, 6.07) is 7.52. The van der Waals surface area contributed by atoms with Crippen molar-refractivity contribution in [3.63, 3.8) is 0 Å². The summed E-state index contributed by atoms with van der Waals surface area (Å²) in [5.41, 5.74) is 3.23. The molecule has 1 aliphatic heterocycles. The van der Waals surface area contributed by atoms with Crippen molar-refractivity contribution in [1.82, 2.24) is 9.88 Å². The van der Waals surface area contributed by atoms with Crippen LogP contribution in [0.4, 0.5) is 5.69 Å². The quantitative estimate of drug-likeness (QED) is 0.741. The van der Waals surface area contributed by atoms with E-state index >= 15 is 0 Å². The first-order valence-electron chi connectivity index (χ1n) is 9.18.